The third kappa shape index (κ3) is 3.47. The number of ether oxygens (including phenoxy) is 1. The Bertz CT molecular complexity index is 639. The minimum atomic E-state index is -0.479. The molecule has 2 rings (SSSR count). The van der Waals surface area contributed by atoms with Crippen molar-refractivity contribution in [2.45, 2.75) is 32.2 Å². The third-order valence-corrected chi connectivity index (χ3v) is 3.67. The molecule has 5 heteroatoms. The van der Waals surface area contributed by atoms with Crippen molar-refractivity contribution >= 4 is 6.09 Å². The van der Waals surface area contributed by atoms with Gasteiger partial charge in [-0.05, 0) is 16.5 Å². The molecule has 1 unspecified atom stereocenters. The lowest BCUT2D eigenvalue weighted by atomic mass is 9.86. The van der Waals surface area contributed by atoms with Crippen LogP contribution >= 0.6 is 0 Å². The largest absolute Gasteiger partial charge is 0.453 e. The maximum absolute atomic E-state index is 11.7. The Labute approximate surface area is 131 Å². The van der Waals surface area contributed by atoms with Crippen LogP contribution in [0.3, 0.4) is 0 Å². The zero-order chi connectivity index (χ0) is 16.3. The first-order chi connectivity index (χ1) is 10.3. The number of imidazole rings is 1. The molecule has 0 saturated carbocycles. The maximum atomic E-state index is 11.7. The number of aromatic nitrogens is 2. The van der Waals surface area contributed by atoms with Crippen molar-refractivity contribution in [2.24, 2.45) is 7.05 Å². The van der Waals surface area contributed by atoms with Gasteiger partial charge < -0.3 is 14.6 Å². The summed E-state index contributed by atoms with van der Waals surface area (Å²) in [5.41, 5.74) is 2.30. The quantitative estimate of drug-likeness (QED) is 0.947. The maximum Gasteiger partial charge on any atom is 0.407 e. The van der Waals surface area contributed by atoms with Crippen molar-refractivity contribution in [3.63, 3.8) is 0 Å². The molecule has 118 valence electrons. The number of nitrogens with one attached hydrogen (secondary N) is 1. The standard InChI is InChI=1S/C17H23N3O2/c1-17(2,3)13-8-6-12(7-9-13)14(19-16(21)22-5)15-18-10-11-20(15)4/h6-11,14H,1-5H3,(H,19,21). The molecule has 0 aliphatic carbocycles. The highest BCUT2D eigenvalue weighted by atomic mass is 16.5. The molecule has 0 aliphatic rings. The molecule has 5 nitrogen and oxygen atoms in total. The van der Waals surface area contributed by atoms with Gasteiger partial charge in [0, 0.05) is 19.4 Å². The Hall–Kier alpha value is -2.30. The molecule has 2 aromatic rings. The SMILES string of the molecule is COC(=O)NC(c1ccc(C(C)(C)C)cc1)c1nccn1C. The number of methoxy groups -OCH3 is 1. The van der Waals surface area contributed by atoms with Crippen LogP contribution in [-0.4, -0.2) is 22.8 Å². The number of alkyl carbamates (subject to hydrolysis) is 1. The average Bonchev–Trinajstić information content (AvgIpc) is 2.89. The van der Waals surface area contributed by atoms with Crippen molar-refractivity contribution in [3.8, 4) is 0 Å². The van der Waals surface area contributed by atoms with Crippen LogP contribution in [0.4, 0.5) is 4.79 Å². The lowest BCUT2D eigenvalue weighted by Crippen LogP contribution is -2.31. The van der Waals surface area contributed by atoms with Crippen LogP contribution in [0.5, 0.6) is 0 Å². The Balaban J connectivity index is 2.37. The number of benzene rings is 1. The van der Waals surface area contributed by atoms with Gasteiger partial charge in [0.25, 0.3) is 0 Å². The number of carbonyl (C=O) groups excluding carboxylic acids is 1. The number of hydrogen-bond donors (Lipinski definition) is 1. The van der Waals surface area contributed by atoms with Gasteiger partial charge in [-0.1, -0.05) is 45.0 Å². The van der Waals surface area contributed by atoms with Crippen molar-refractivity contribution < 1.29 is 9.53 Å². The first-order valence-electron chi connectivity index (χ1n) is 7.25. The molecule has 1 aromatic heterocycles. The van der Waals surface area contributed by atoms with Crippen molar-refractivity contribution in [2.75, 3.05) is 7.11 Å². The van der Waals surface area contributed by atoms with Crippen molar-refractivity contribution in [1.82, 2.24) is 14.9 Å². The zero-order valence-corrected chi connectivity index (χ0v) is 13.8. The highest BCUT2D eigenvalue weighted by molar-refractivity contribution is 5.68. The number of nitrogens with zero attached hydrogens (tertiary/aromatic N) is 2. The Morgan fingerprint density at radius 3 is 2.36 bits per heavy atom. The molecule has 0 fully saturated rings. The van der Waals surface area contributed by atoms with E-state index in [1.165, 1.54) is 12.7 Å². The number of aryl methyl sites for hydroxylation is 1. The Morgan fingerprint density at radius 2 is 1.91 bits per heavy atom. The van der Waals surface area contributed by atoms with Crippen LogP contribution in [0.25, 0.3) is 0 Å². The van der Waals surface area contributed by atoms with E-state index in [1.807, 2.05) is 29.9 Å². The van der Waals surface area contributed by atoms with E-state index in [9.17, 15) is 4.79 Å². The first kappa shape index (κ1) is 16.1. The summed E-state index contributed by atoms with van der Waals surface area (Å²) >= 11 is 0. The van der Waals surface area contributed by atoms with Gasteiger partial charge in [-0.2, -0.15) is 0 Å². The fourth-order valence-corrected chi connectivity index (χ4v) is 2.30. The molecule has 22 heavy (non-hydrogen) atoms. The van der Waals surface area contributed by atoms with Gasteiger partial charge in [0.1, 0.15) is 11.9 Å². The summed E-state index contributed by atoms with van der Waals surface area (Å²) in [6.07, 6.45) is 3.09. The summed E-state index contributed by atoms with van der Waals surface area (Å²) in [6.45, 7) is 6.51. The van der Waals surface area contributed by atoms with Gasteiger partial charge in [0.05, 0.1) is 7.11 Å². The summed E-state index contributed by atoms with van der Waals surface area (Å²) < 4.78 is 6.62. The van der Waals surface area contributed by atoms with Crippen LogP contribution in [0.2, 0.25) is 0 Å². The van der Waals surface area contributed by atoms with Crippen LogP contribution < -0.4 is 5.32 Å². The van der Waals surface area contributed by atoms with Gasteiger partial charge in [0.15, 0.2) is 0 Å². The number of carbonyl (C=O) groups is 1. The van der Waals surface area contributed by atoms with E-state index >= 15 is 0 Å². The molecular weight excluding hydrogens is 278 g/mol. The van der Waals surface area contributed by atoms with Gasteiger partial charge in [-0.25, -0.2) is 9.78 Å². The summed E-state index contributed by atoms with van der Waals surface area (Å²) in [7, 11) is 3.26. The molecule has 1 atom stereocenters. The van der Waals surface area contributed by atoms with Gasteiger partial charge in [-0.15, -0.1) is 0 Å². The molecule has 0 spiro atoms. The lowest BCUT2D eigenvalue weighted by molar-refractivity contribution is 0.168. The van der Waals surface area contributed by atoms with Gasteiger partial charge in [0.2, 0.25) is 0 Å². The summed E-state index contributed by atoms with van der Waals surface area (Å²) in [5.74, 6) is 0.758. The molecular formula is C17H23N3O2. The van der Waals surface area contributed by atoms with E-state index in [1.54, 1.807) is 6.20 Å². The third-order valence-electron chi connectivity index (χ3n) is 3.67. The topological polar surface area (TPSA) is 56.1 Å². The van der Waals surface area contributed by atoms with Gasteiger partial charge in [-0.3, -0.25) is 0 Å². The minimum Gasteiger partial charge on any atom is -0.453 e. The first-order valence-corrected chi connectivity index (χ1v) is 7.25. The van der Waals surface area contributed by atoms with E-state index in [2.05, 4.69) is 43.2 Å². The predicted molar refractivity (Wildman–Crippen MR) is 85.7 cm³/mol. The normalized spacial score (nSPS) is 12.8. The monoisotopic (exact) mass is 301 g/mol. The van der Waals surface area contributed by atoms with E-state index in [4.69, 9.17) is 4.74 Å². The second-order valence-corrected chi connectivity index (χ2v) is 6.34. The molecule has 1 aromatic carbocycles. The van der Waals surface area contributed by atoms with E-state index < -0.39 is 6.09 Å². The second kappa shape index (κ2) is 6.22. The summed E-state index contributed by atoms with van der Waals surface area (Å²) in [5, 5.41) is 2.84. The van der Waals surface area contributed by atoms with Crippen molar-refractivity contribution in [1.29, 1.82) is 0 Å². The number of amides is 1. The zero-order valence-electron chi connectivity index (χ0n) is 13.8. The van der Waals surface area contributed by atoms with E-state index in [0.29, 0.717) is 0 Å². The van der Waals surface area contributed by atoms with Crippen LogP contribution in [0.1, 0.15) is 43.8 Å². The molecule has 0 radical (unpaired) electrons. The predicted octanol–water partition coefficient (Wildman–Crippen LogP) is 3.16. The summed E-state index contributed by atoms with van der Waals surface area (Å²) in [4.78, 5) is 16.0. The van der Waals surface area contributed by atoms with E-state index in [0.717, 1.165) is 11.4 Å². The Kier molecular flexibility index (Phi) is 4.54. The Morgan fingerprint density at radius 1 is 1.27 bits per heavy atom. The highest BCUT2D eigenvalue weighted by Gasteiger charge is 2.22. The lowest BCUT2D eigenvalue weighted by Gasteiger charge is -2.22. The van der Waals surface area contributed by atoms with Crippen LogP contribution in [-0.2, 0) is 17.2 Å². The average molecular weight is 301 g/mol. The molecule has 0 aliphatic heterocycles. The molecule has 0 bridgehead atoms. The van der Waals surface area contributed by atoms with Crippen LogP contribution in [0.15, 0.2) is 36.7 Å². The highest BCUT2D eigenvalue weighted by Crippen LogP contribution is 2.26. The second-order valence-electron chi connectivity index (χ2n) is 6.34. The fraction of sp³-hybridized carbons (Fsp3) is 0.412. The molecule has 1 N–H and O–H groups in total. The summed E-state index contributed by atoms with van der Waals surface area (Å²) in [6, 6.07) is 7.88. The fourth-order valence-electron chi connectivity index (χ4n) is 2.30. The number of hydrogen-bond acceptors (Lipinski definition) is 3. The van der Waals surface area contributed by atoms with E-state index in [-0.39, 0.29) is 11.5 Å². The number of rotatable bonds is 3. The molecule has 0 saturated heterocycles. The van der Waals surface area contributed by atoms with Crippen molar-refractivity contribution in [3.05, 3.63) is 53.6 Å². The smallest absolute Gasteiger partial charge is 0.407 e. The molecule has 1 heterocycles. The minimum absolute atomic E-state index is 0.0903. The van der Waals surface area contributed by atoms with Gasteiger partial charge >= 0.3 is 6.09 Å². The van der Waals surface area contributed by atoms with Crippen LogP contribution in [0, 0.1) is 0 Å². The molecule has 1 amide bonds.